The van der Waals surface area contributed by atoms with Crippen molar-refractivity contribution in [1.82, 2.24) is 10.2 Å². The Balaban J connectivity index is 0.00000225. The first-order valence-electron chi connectivity index (χ1n) is 9.01. The van der Waals surface area contributed by atoms with Crippen molar-refractivity contribution in [3.63, 3.8) is 0 Å². The molecule has 1 aliphatic rings. The lowest BCUT2D eigenvalue weighted by molar-refractivity contribution is 0.331. The first-order valence-corrected chi connectivity index (χ1v) is 9.01. The minimum Gasteiger partial charge on any atom is -0.469 e. The van der Waals surface area contributed by atoms with Crippen LogP contribution >= 0.6 is 24.0 Å². The fourth-order valence-electron chi connectivity index (χ4n) is 3.06. The van der Waals surface area contributed by atoms with E-state index in [1.165, 1.54) is 24.8 Å². The van der Waals surface area contributed by atoms with E-state index in [2.05, 4.69) is 40.5 Å². The normalized spacial score (nSPS) is 14.9. The van der Waals surface area contributed by atoms with Crippen LogP contribution in [0.25, 0.3) is 0 Å². The molecule has 0 radical (unpaired) electrons. The third-order valence-electron chi connectivity index (χ3n) is 4.40. The lowest BCUT2D eigenvalue weighted by Crippen LogP contribution is -2.45. The molecule has 1 fully saturated rings. The van der Waals surface area contributed by atoms with Gasteiger partial charge in [-0.2, -0.15) is 0 Å². The number of likely N-dealkylation sites (tertiary alicyclic amines) is 1. The van der Waals surface area contributed by atoms with Gasteiger partial charge < -0.3 is 14.6 Å². The second kappa shape index (κ2) is 11.2. The highest BCUT2D eigenvalue weighted by Gasteiger charge is 2.14. The SMILES string of the molecule is I.c1ccc(CCNC(=NCCc2ccco2)N2CCCCC2)cc1. The average Bonchev–Trinajstić information content (AvgIpc) is 3.15. The molecule has 0 atom stereocenters. The Hall–Kier alpha value is -1.50. The summed E-state index contributed by atoms with van der Waals surface area (Å²) in [6, 6.07) is 14.6. The van der Waals surface area contributed by atoms with Crippen LogP contribution in [0, 0.1) is 0 Å². The highest BCUT2D eigenvalue weighted by molar-refractivity contribution is 14.0. The van der Waals surface area contributed by atoms with E-state index in [0.717, 1.165) is 50.7 Å². The van der Waals surface area contributed by atoms with Crippen molar-refractivity contribution in [2.45, 2.75) is 32.1 Å². The molecule has 1 aromatic heterocycles. The van der Waals surface area contributed by atoms with Gasteiger partial charge in [0.05, 0.1) is 6.26 Å². The molecule has 0 bridgehead atoms. The van der Waals surface area contributed by atoms with Gasteiger partial charge in [-0.15, -0.1) is 24.0 Å². The molecule has 4 nitrogen and oxygen atoms in total. The van der Waals surface area contributed by atoms with E-state index in [1.54, 1.807) is 6.26 Å². The third kappa shape index (κ3) is 6.72. The molecule has 0 spiro atoms. The molecule has 0 unspecified atom stereocenters. The summed E-state index contributed by atoms with van der Waals surface area (Å²) in [4.78, 5) is 7.22. The first kappa shape index (κ1) is 19.8. The zero-order valence-corrected chi connectivity index (χ0v) is 17.0. The van der Waals surface area contributed by atoms with Gasteiger partial charge in [0.1, 0.15) is 5.76 Å². The van der Waals surface area contributed by atoms with Crippen molar-refractivity contribution in [2.75, 3.05) is 26.2 Å². The fraction of sp³-hybridized carbons (Fsp3) is 0.450. The lowest BCUT2D eigenvalue weighted by atomic mass is 10.1. The Morgan fingerprint density at radius 3 is 2.52 bits per heavy atom. The van der Waals surface area contributed by atoms with Crippen molar-refractivity contribution in [3.05, 3.63) is 60.1 Å². The van der Waals surface area contributed by atoms with Gasteiger partial charge in [0.2, 0.25) is 0 Å². The van der Waals surface area contributed by atoms with Crippen molar-refractivity contribution in [1.29, 1.82) is 0 Å². The van der Waals surface area contributed by atoms with Crippen LogP contribution in [-0.2, 0) is 12.8 Å². The number of furan rings is 1. The quantitative estimate of drug-likeness (QED) is 0.407. The molecular weight excluding hydrogens is 425 g/mol. The summed E-state index contributed by atoms with van der Waals surface area (Å²) in [5.41, 5.74) is 1.36. The summed E-state index contributed by atoms with van der Waals surface area (Å²) in [5, 5.41) is 3.56. The van der Waals surface area contributed by atoms with Crippen LogP contribution in [0.1, 0.15) is 30.6 Å². The molecule has 2 heterocycles. The number of rotatable bonds is 6. The van der Waals surface area contributed by atoms with Gasteiger partial charge in [-0.05, 0) is 43.4 Å². The van der Waals surface area contributed by atoms with Crippen LogP contribution in [0.5, 0.6) is 0 Å². The highest BCUT2D eigenvalue weighted by Crippen LogP contribution is 2.09. The molecule has 1 aliphatic heterocycles. The van der Waals surface area contributed by atoms with Gasteiger partial charge in [0.15, 0.2) is 5.96 Å². The molecule has 1 N–H and O–H groups in total. The summed E-state index contributed by atoms with van der Waals surface area (Å²) in [7, 11) is 0. The van der Waals surface area contributed by atoms with Gasteiger partial charge in [-0.3, -0.25) is 4.99 Å². The third-order valence-corrected chi connectivity index (χ3v) is 4.40. The highest BCUT2D eigenvalue weighted by atomic mass is 127. The van der Waals surface area contributed by atoms with Crippen molar-refractivity contribution in [3.8, 4) is 0 Å². The van der Waals surface area contributed by atoms with Crippen molar-refractivity contribution < 1.29 is 4.42 Å². The molecule has 0 amide bonds. The summed E-state index contributed by atoms with van der Waals surface area (Å²) in [6.07, 6.45) is 7.45. The molecule has 3 rings (SSSR count). The monoisotopic (exact) mass is 453 g/mol. The standard InChI is InChI=1S/C20H27N3O.HI/c1-3-8-18(9-4-1)11-13-21-20(23-15-5-2-6-16-23)22-14-12-19-10-7-17-24-19;/h1,3-4,7-10,17H,2,5-6,11-16H2,(H,21,22);1H. The van der Waals surface area contributed by atoms with E-state index in [0.29, 0.717) is 0 Å². The Labute approximate surface area is 167 Å². The predicted molar refractivity (Wildman–Crippen MR) is 114 cm³/mol. The van der Waals surface area contributed by atoms with E-state index in [1.807, 2.05) is 12.1 Å². The molecule has 0 aliphatic carbocycles. The van der Waals surface area contributed by atoms with E-state index in [9.17, 15) is 0 Å². The van der Waals surface area contributed by atoms with Crippen LogP contribution in [0.15, 0.2) is 58.1 Å². The van der Waals surface area contributed by atoms with E-state index < -0.39 is 0 Å². The average molecular weight is 453 g/mol. The molecule has 1 saturated heterocycles. The number of hydrogen-bond donors (Lipinski definition) is 1. The second-order valence-electron chi connectivity index (χ2n) is 6.24. The van der Waals surface area contributed by atoms with Gasteiger partial charge >= 0.3 is 0 Å². The van der Waals surface area contributed by atoms with E-state index in [4.69, 9.17) is 9.41 Å². The molecule has 2 aromatic rings. The zero-order valence-electron chi connectivity index (χ0n) is 14.7. The summed E-state index contributed by atoms with van der Waals surface area (Å²) >= 11 is 0. The maximum Gasteiger partial charge on any atom is 0.193 e. The number of nitrogens with one attached hydrogen (secondary N) is 1. The van der Waals surface area contributed by atoms with Gasteiger partial charge in [-0.1, -0.05) is 30.3 Å². The topological polar surface area (TPSA) is 40.8 Å². The minimum atomic E-state index is 0. The molecule has 25 heavy (non-hydrogen) atoms. The number of benzene rings is 1. The number of hydrogen-bond acceptors (Lipinski definition) is 2. The van der Waals surface area contributed by atoms with Gasteiger partial charge in [-0.25, -0.2) is 0 Å². The molecule has 1 aromatic carbocycles. The minimum absolute atomic E-state index is 0. The maximum atomic E-state index is 5.40. The zero-order chi connectivity index (χ0) is 16.5. The molecular formula is C20H28IN3O. The van der Waals surface area contributed by atoms with Gasteiger partial charge in [0.25, 0.3) is 0 Å². The Morgan fingerprint density at radius 1 is 1.00 bits per heavy atom. The summed E-state index contributed by atoms with van der Waals surface area (Å²) in [5.74, 6) is 2.05. The Kier molecular flexibility index (Phi) is 8.86. The molecule has 0 saturated carbocycles. The van der Waals surface area contributed by atoms with Crippen LogP contribution < -0.4 is 5.32 Å². The number of aliphatic imine (C=N–C) groups is 1. The van der Waals surface area contributed by atoms with Crippen LogP contribution in [0.2, 0.25) is 0 Å². The molecule has 136 valence electrons. The Morgan fingerprint density at radius 2 is 1.80 bits per heavy atom. The van der Waals surface area contributed by atoms with Gasteiger partial charge in [0, 0.05) is 32.6 Å². The van der Waals surface area contributed by atoms with Crippen LogP contribution in [-0.4, -0.2) is 37.0 Å². The van der Waals surface area contributed by atoms with Crippen molar-refractivity contribution in [2.24, 2.45) is 4.99 Å². The maximum absolute atomic E-state index is 5.40. The first-order chi connectivity index (χ1) is 11.9. The Bertz CT molecular complexity index is 607. The van der Waals surface area contributed by atoms with E-state index >= 15 is 0 Å². The molecule has 5 heteroatoms. The summed E-state index contributed by atoms with van der Waals surface area (Å²) in [6.45, 7) is 3.90. The number of halogens is 1. The summed E-state index contributed by atoms with van der Waals surface area (Å²) < 4.78 is 5.40. The lowest BCUT2D eigenvalue weighted by Gasteiger charge is -2.30. The fourth-order valence-corrected chi connectivity index (χ4v) is 3.06. The second-order valence-corrected chi connectivity index (χ2v) is 6.24. The van der Waals surface area contributed by atoms with Crippen LogP contribution in [0.4, 0.5) is 0 Å². The number of guanidine groups is 1. The number of piperidine rings is 1. The van der Waals surface area contributed by atoms with E-state index in [-0.39, 0.29) is 24.0 Å². The predicted octanol–water partition coefficient (Wildman–Crippen LogP) is 4.11. The van der Waals surface area contributed by atoms with Crippen LogP contribution in [0.3, 0.4) is 0 Å². The largest absolute Gasteiger partial charge is 0.469 e. The number of nitrogens with zero attached hydrogens (tertiary/aromatic N) is 2. The van der Waals surface area contributed by atoms with Crippen molar-refractivity contribution >= 4 is 29.9 Å². The smallest absolute Gasteiger partial charge is 0.193 e.